The Morgan fingerprint density at radius 2 is 1.34 bits per heavy atom. The van der Waals surface area contributed by atoms with Gasteiger partial charge in [-0.1, -0.05) is 101 Å². The van der Waals surface area contributed by atoms with Gasteiger partial charge in [-0.3, -0.25) is 4.79 Å². The molecule has 0 aliphatic carbocycles. The van der Waals surface area contributed by atoms with E-state index in [0.717, 1.165) is 78.4 Å². The van der Waals surface area contributed by atoms with Crippen molar-refractivity contribution in [3.63, 3.8) is 0 Å². The summed E-state index contributed by atoms with van der Waals surface area (Å²) in [5, 5.41) is 0. The fraction of sp³-hybridized carbons (Fsp3) is 0.553. The number of benzene rings is 3. The summed E-state index contributed by atoms with van der Waals surface area (Å²) in [6.45, 7) is 14.2. The average molecular weight is 789 g/mol. The minimum absolute atomic E-state index is 0.00402. The topological polar surface area (TPSA) is 81.7 Å². The predicted molar refractivity (Wildman–Crippen MR) is 227 cm³/mol. The van der Waals surface area contributed by atoms with Crippen molar-refractivity contribution >= 4 is 14.1 Å². The van der Waals surface area contributed by atoms with E-state index in [1.165, 1.54) is 0 Å². The molecule has 308 valence electrons. The summed E-state index contributed by atoms with van der Waals surface area (Å²) in [5.74, 6) is 1.64. The third-order valence-corrected chi connectivity index (χ3v) is 16.0. The van der Waals surface area contributed by atoms with Crippen molar-refractivity contribution in [2.24, 2.45) is 0 Å². The fourth-order valence-electron chi connectivity index (χ4n) is 7.48. The zero-order valence-electron chi connectivity index (χ0n) is 34.9. The van der Waals surface area contributed by atoms with Crippen LogP contribution in [0.4, 0.5) is 0 Å². The van der Waals surface area contributed by atoms with Crippen LogP contribution in [0.1, 0.15) is 95.8 Å². The smallest absolute Gasteiger partial charge is 0.193 e. The minimum Gasteiger partial charge on any atom is -0.497 e. The number of Topliss-reactive ketones (excluding diaryl/α,β-unsaturated/α-hetero) is 1. The maximum Gasteiger partial charge on any atom is 0.193 e. The fourth-order valence-corrected chi connectivity index (χ4v) is 10.3. The molecule has 0 N–H and O–H groups in total. The van der Waals surface area contributed by atoms with E-state index in [4.69, 9.17) is 32.8 Å². The molecule has 0 unspecified atom stereocenters. The minimum atomic E-state index is -2.07. The highest BCUT2D eigenvalue weighted by molar-refractivity contribution is 6.73. The van der Waals surface area contributed by atoms with Gasteiger partial charge in [0.2, 0.25) is 0 Å². The molecule has 8 nitrogen and oxygen atoms in total. The molecule has 0 spiro atoms. The number of unbranched alkanes of at least 4 members (excludes halogenated alkanes) is 1. The normalized spacial score (nSPS) is 17.9. The van der Waals surface area contributed by atoms with Gasteiger partial charge in [-0.05, 0) is 91.2 Å². The highest BCUT2D eigenvalue weighted by Crippen LogP contribution is 2.32. The molecule has 3 aromatic rings. The van der Waals surface area contributed by atoms with Crippen molar-refractivity contribution in [1.82, 2.24) is 0 Å². The Kier molecular flexibility index (Phi) is 19.8. The maximum atomic E-state index is 14.3. The first-order valence-corrected chi connectivity index (χ1v) is 23.4. The van der Waals surface area contributed by atoms with E-state index >= 15 is 0 Å². The SMILES string of the molecule is C=C[C@@H](O[Si](CC)(CC)CC)[C@H](OCc1ccccc1)C(=O)CC[C@H](C[C@H]1CC[C@H]([C@@H](CCCC)OCc2ccc(OC)cc2)O1)OCc1ccc(OC)cc1. The number of ketones is 1. The van der Waals surface area contributed by atoms with E-state index in [2.05, 4.69) is 46.4 Å². The number of carbonyl (C=O) groups excluding carboxylic acids is 1. The Balaban J connectivity index is 1.47. The lowest BCUT2D eigenvalue weighted by Crippen LogP contribution is -2.46. The molecule has 3 aromatic carbocycles. The van der Waals surface area contributed by atoms with Gasteiger partial charge in [0.1, 0.15) is 17.6 Å². The molecule has 0 aromatic heterocycles. The molecule has 1 aliphatic rings. The van der Waals surface area contributed by atoms with Crippen LogP contribution in [0.3, 0.4) is 0 Å². The van der Waals surface area contributed by atoms with Gasteiger partial charge >= 0.3 is 0 Å². The Labute approximate surface area is 338 Å². The molecule has 4 rings (SSSR count). The summed E-state index contributed by atoms with van der Waals surface area (Å²) >= 11 is 0. The lowest BCUT2D eigenvalue weighted by atomic mass is 9.99. The zero-order valence-corrected chi connectivity index (χ0v) is 35.9. The Morgan fingerprint density at radius 1 is 0.768 bits per heavy atom. The number of hydrogen-bond acceptors (Lipinski definition) is 8. The molecule has 1 aliphatic heterocycles. The van der Waals surface area contributed by atoms with E-state index < -0.39 is 20.5 Å². The molecular formula is C47H68O8Si. The number of rotatable bonds is 28. The Morgan fingerprint density at radius 3 is 1.89 bits per heavy atom. The second-order valence-electron chi connectivity index (χ2n) is 15.0. The first kappa shape index (κ1) is 45.4. The van der Waals surface area contributed by atoms with Crippen LogP contribution in [0.5, 0.6) is 11.5 Å². The molecular weight excluding hydrogens is 721 g/mol. The monoisotopic (exact) mass is 788 g/mol. The lowest BCUT2D eigenvalue weighted by molar-refractivity contribution is -0.137. The van der Waals surface area contributed by atoms with E-state index in [0.29, 0.717) is 39.1 Å². The van der Waals surface area contributed by atoms with Gasteiger partial charge in [-0.25, -0.2) is 0 Å². The van der Waals surface area contributed by atoms with E-state index in [1.807, 2.05) is 66.7 Å². The molecule has 0 saturated carbocycles. The van der Waals surface area contributed by atoms with Gasteiger partial charge in [0.05, 0.1) is 64.6 Å². The molecule has 1 fully saturated rings. The number of hydrogen-bond donors (Lipinski definition) is 0. The van der Waals surface area contributed by atoms with Gasteiger partial charge in [0, 0.05) is 6.42 Å². The standard InChI is InChI=1S/C47H68O8Si/c1-8-13-19-45(52-34-38-22-26-40(50-7)27-23-38)46-31-29-42(54-46)32-41(51-33-37-20-24-39(49-6)25-21-37)28-30-43(48)47(53-35-36-17-15-14-16-18-36)44(9-2)55-56(10-3,11-4)12-5/h9,14-18,20-27,41-42,44-47H,2,8,10-13,19,28-35H2,1,3-7H3/t41-,42-,44-,45-,46-,47-/m1/s1. The van der Waals surface area contributed by atoms with Crippen molar-refractivity contribution < 1.29 is 37.6 Å². The number of methoxy groups -OCH3 is 2. The number of carbonyl (C=O) groups is 1. The van der Waals surface area contributed by atoms with Gasteiger partial charge in [-0.15, -0.1) is 6.58 Å². The first-order chi connectivity index (χ1) is 27.3. The molecule has 0 radical (unpaired) electrons. The third-order valence-electron chi connectivity index (χ3n) is 11.3. The van der Waals surface area contributed by atoms with Gasteiger partial charge in [-0.2, -0.15) is 0 Å². The first-order valence-electron chi connectivity index (χ1n) is 20.9. The largest absolute Gasteiger partial charge is 0.497 e. The second-order valence-corrected chi connectivity index (χ2v) is 19.7. The third kappa shape index (κ3) is 14.3. The van der Waals surface area contributed by atoms with Gasteiger partial charge in [0.25, 0.3) is 0 Å². The maximum absolute atomic E-state index is 14.3. The molecule has 56 heavy (non-hydrogen) atoms. The Hall–Kier alpha value is -3.31. The van der Waals surface area contributed by atoms with Crippen LogP contribution in [0.25, 0.3) is 0 Å². The summed E-state index contributed by atoms with van der Waals surface area (Å²) in [6.07, 6.45) is 6.80. The van der Waals surface area contributed by atoms with E-state index in [9.17, 15) is 4.79 Å². The van der Waals surface area contributed by atoms with Crippen molar-refractivity contribution in [2.45, 2.75) is 154 Å². The molecule has 6 atom stereocenters. The van der Waals surface area contributed by atoms with Crippen LogP contribution in [-0.4, -0.2) is 64.9 Å². The quantitative estimate of drug-likeness (QED) is 0.0531. The second kappa shape index (κ2) is 24.5. The molecule has 1 saturated heterocycles. The lowest BCUT2D eigenvalue weighted by Gasteiger charge is -2.35. The average Bonchev–Trinajstić information content (AvgIpc) is 3.72. The van der Waals surface area contributed by atoms with E-state index in [1.54, 1.807) is 20.3 Å². The van der Waals surface area contributed by atoms with Crippen LogP contribution in [0.15, 0.2) is 91.5 Å². The van der Waals surface area contributed by atoms with Crippen molar-refractivity contribution in [3.05, 3.63) is 108 Å². The van der Waals surface area contributed by atoms with Crippen molar-refractivity contribution in [2.75, 3.05) is 14.2 Å². The Bertz CT molecular complexity index is 1520. The molecule has 0 bridgehead atoms. The van der Waals surface area contributed by atoms with Crippen LogP contribution in [0, 0.1) is 0 Å². The van der Waals surface area contributed by atoms with Crippen LogP contribution < -0.4 is 9.47 Å². The summed E-state index contributed by atoms with van der Waals surface area (Å²) in [7, 11) is 1.27. The highest BCUT2D eigenvalue weighted by atomic mass is 28.4. The summed E-state index contributed by atoms with van der Waals surface area (Å²) in [4.78, 5) is 14.3. The van der Waals surface area contributed by atoms with Crippen LogP contribution in [0.2, 0.25) is 18.1 Å². The van der Waals surface area contributed by atoms with Gasteiger partial charge in [0.15, 0.2) is 14.1 Å². The van der Waals surface area contributed by atoms with Crippen molar-refractivity contribution in [1.29, 1.82) is 0 Å². The highest BCUT2D eigenvalue weighted by Gasteiger charge is 2.38. The van der Waals surface area contributed by atoms with Crippen LogP contribution in [-0.2, 0) is 48.0 Å². The number of ether oxygens (including phenoxy) is 6. The molecule has 9 heteroatoms. The van der Waals surface area contributed by atoms with Crippen LogP contribution >= 0.6 is 0 Å². The summed E-state index contributed by atoms with van der Waals surface area (Å²) < 4.78 is 43.9. The summed E-state index contributed by atoms with van der Waals surface area (Å²) in [5.41, 5.74) is 3.17. The van der Waals surface area contributed by atoms with Crippen molar-refractivity contribution in [3.8, 4) is 11.5 Å². The molecule has 1 heterocycles. The summed E-state index contributed by atoms with van der Waals surface area (Å²) in [6, 6.07) is 28.9. The zero-order chi connectivity index (χ0) is 40.2. The predicted octanol–water partition coefficient (Wildman–Crippen LogP) is 10.8. The van der Waals surface area contributed by atoms with Gasteiger partial charge < -0.3 is 32.8 Å². The molecule has 0 amide bonds. The van der Waals surface area contributed by atoms with E-state index in [-0.39, 0.29) is 30.2 Å².